The lowest BCUT2D eigenvalue weighted by Crippen LogP contribution is -2.12. The first-order valence-corrected chi connectivity index (χ1v) is 10.7. The van der Waals surface area contributed by atoms with Gasteiger partial charge < -0.3 is 18.9 Å². The highest BCUT2D eigenvalue weighted by Gasteiger charge is 2.18. The van der Waals surface area contributed by atoms with E-state index in [0.29, 0.717) is 23.7 Å². The maximum absolute atomic E-state index is 12.4. The van der Waals surface area contributed by atoms with Gasteiger partial charge in [0.15, 0.2) is 6.79 Å². The van der Waals surface area contributed by atoms with Gasteiger partial charge in [-0.05, 0) is 56.2 Å². The van der Waals surface area contributed by atoms with Crippen LogP contribution in [-0.4, -0.2) is 32.6 Å². The van der Waals surface area contributed by atoms with E-state index < -0.39 is 0 Å². The summed E-state index contributed by atoms with van der Waals surface area (Å²) in [5, 5.41) is 0. The van der Waals surface area contributed by atoms with Crippen LogP contribution < -0.4 is 9.47 Å². The number of hydrogen-bond acceptors (Lipinski definition) is 5. The highest BCUT2D eigenvalue weighted by molar-refractivity contribution is 5.91. The SMILES string of the molecule is C#Cc1ccc(-c2ccc(C(=O)OCCCC)cc2OCOC)c(O[C@H](C)CCC)c1. The van der Waals surface area contributed by atoms with E-state index >= 15 is 0 Å². The van der Waals surface area contributed by atoms with Gasteiger partial charge in [-0.2, -0.15) is 0 Å². The molecule has 0 saturated carbocycles. The topological polar surface area (TPSA) is 54.0 Å². The van der Waals surface area contributed by atoms with Gasteiger partial charge in [-0.25, -0.2) is 4.79 Å². The van der Waals surface area contributed by atoms with Crippen LogP contribution in [0.3, 0.4) is 0 Å². The molecule has 0 heterocycles. The number of methoxy groups -OCH3 is 1. The summed E-state index contributed by atoms with van der Waals surface area (Å²) >= 11 is 0. The summed E-state index contributed by atoms with van der Waals surface area (Å²) in [5.41, 5.74) is 2.77. The Bertz CT molecular complexity index is 897. The molecule has 0 radical (unpaired) electrons. The fraction of sp³-hybridized carbons (Fsp3) is 0.423. The van der Waals surface area contributed by atoms with E-state index in [4.69, 9.17) is 25.4 Å². The Kier molecular flexibility index (Phi) is 9.93. The van der Waals surface area contributed by atoms with Crippen molar-refractivity contribution in [2.24, 2.45) is 0 Å². The van der Waals surface area contributed by atoms with Crippen LogP contribution in [0.1, 0.15) is 62.4 Å². The van der Waals surface area contributed by atoms with Crippen molar-refractivity contribution < 1.29 is 23.7 Å². The first kappa shape index (κ1) is 24.3. The first-order valence-electron chi connectivity index (χ1n) is 10.7. The second-order valence-electron chi connectivity index (χ2n) is 7.32. The minimum Gasteiger partial charge on any atom is -0.490 e. The van der Waals surface area contributed by atoms with E-state index in [1.807, 2.05) is 38.1 Å². The van der Waals surface area contributed by atoms with Gasteiger partial charge in [0.1, 0.15) is 11.5 Å². The average Bonchev–Trinajstić information content (AvgIpc) is 2.77. The molecule has 166 valence electrons. The Labute approximate surface area is 185 Å². The Morgan fingerprint density at radius 3 is 2.48 bits per heavy atom. The highest BCUT2D eigenvalue weighted by atomic mass is 16.7. The van der Waals surface area contributed by atoms with Gasteiger partial charge in [0.2, 0.25) is 0 Å². The Morgan fingerprint density at radius 1 is 1.06 bits per heavy atom. The molecule has 0 aromatic heterocycles. The van der Waals surface area contributed by atoms with Gasteiger partial charge in [-0.15, -0.1) is 6.42 Å². The van der Waals surface area contributed by atoms with E-state index in [1.54, 1.807) is 19.2 Å². The predicted octanol–water partition coefficient (Wildman–Crippen LogP) is 5.84. The molecule has 0 saturated heterocycles. The predicted molar refractivity (Wildman–Crippen MR) is 123 cm³/mol. The molecule has 5 nitrogen and oxygen atoms in total. The number of esters is 1. The van der Waals surface area contributed by atoms with Crippen molar-refractivity contribution in [2.45, 2.75) is 52.6 Å². The summed E-state index contributed by atoms with van der Waals surface area (Å²) < 4.78 is 22.4. The lowest BCUT2D eigenvalue weighted by atomic mass is 9.99. The van der Waals surface area contributed by atoms with Crippen molar-refractivity contribution in [1.82, 2.24) is 0 Å². The standard InChI is InChI=1S/C26H32O5/c1-6-9-15-29-26(27)21-12-14-22(24(17-21)30-18-28-5)23-13-11-20(8-3)16-25(23)31-19(4)10-7-2/h3,11-14,16-17,19H,6-7,9-10,15,18H2,1-2,4-5H3/t19-/m1/s1. The number of benzene rings is 2. The van der Waals surface area contributed by atoms with Gasteiger partial charge in [-0.1, -0.05) is 32.6 Å². The average molecular weight is 425 g/mol. The molecule has 2 rings (SSSR count). The molecule has 0 amide bonds. The van der Waals surface area contributed by atoms with Crippen molar-refractivity contribution in [3.63, 3.8) is 0 Å². The maximum atomic E-state index is 12.4. The third kappa shape index (κ3) is 7.04. The van der Waals surface area contributed by atoms with Gasteiger partial charge in [0, 0.05) is 23.8 Å². The zero-order valence-electron chi connectivity index (χ0n) is 18.9. The molecule has 0 aliphatic heterocycles. The first-order chi connectivity index (χ1) is 15.0. The molecule has 0 N–H and O–H groups in total. The fourth-order valence-corrected chi connectivity index (χ4v) is 3.12. The smallest absolute Gasteiger partial charge is 0.338 e. The number of carbonyl (C=O) groups excluding carboxylic acids is 1. The summed E-state index contributed by atoms with van der Waals surface area (Å²) in [4.78, 5) is 12.4. The molecule has 2 aromatic carbocycles. The lowest BCUT2D eigenvalue weighted by molar-refractivity contribution is 0.0479. The van der Waals surface area contributed by atoms with Crippen LogP contribution >= 0.6 is 0 Å². The minimum atomic E-state index is -0.377. The second-order valence-corrected chi connectivity index (χ2v) is 7.32. The molecule has 0 unspecified atom stereocenters. The van der Waals surface area contributed by atoms with Crippen LogP contribution in [0.5, 0.6) is 11.5 Å². The van der Waals surface area contributed by atoms with E-state index in [9.17, 15) is 4.79 Å². The summed E-state index contributed by atoms with van der Waals surface area (Å²) in [7, 11) is 1.55. The van der Waals surface area contributed by atoms with Crippen LogP contribution in [0.4, 0.5) is 0 Å². The van der Waals surface area contributed by atoms with E-state index in [-0.39, 0.29) is 18.9 Å². The van der Waals surface area contributed by atoms with Gasteiger partial charge in [0.25, 0.3) is 0 Å². The van der Waals surface area contributed by atoms with Crippen LogP contribution in [0.25, 0.3) is 11.1 Å². The molecule has 0 aliphatic rings. The molecular weight excluding hydrogens is 392 g/mol. The molecule has 2 aromatic rings. The molecule has 5 heteroatoms. The normalized spacial score (nSPS) is 11.5. The largest absolute Gasteiger partial charge is 0.490 e. The van der Waals surface area contributed by atoms with Crippen molar-refractivity contribution in [2.75, 3.05) is 20.5 Å². The van der Waals surface area contributed by atoms with Crippen molar-refractivity contribution in [3.05, 3.63) is 47.5 Å². The quantitative estimate of drug-likeness (QED) is 0.185. The number of rotatable bonds is 12. The molecule has 0 aliphatic carbocycles. The van der Waals surface area contributed by atoms with Crippen molar-refractivity contribution in [3.8, 4) is 35.0 Å². The van der Waals surface area contributed by atoms with Crippen LogP contribution in [0.2, 0.25) is 0 Å². The molecule has 0 spiro atoms. The molecule has 0 bridgehead atoms. The van der Waals surface area contributed by atoms with Crippen molar-refractivity contribution in [1.29, 1.82) is 0 Å². The van der Waals surface area contributed by atoms with E-state index in [1.165, 1.54) is 0 Å². The van der Waals surface area contributed by atoms with Crippen LogP contribution in [0, 0.1) is 12.3 Å². The molecular formula is C26H32O5. The zero-order chi connectivity index (χ0) is 22.6. The summed E-state index contributed by atoms with van der Waals surface area (Å²) in [6.45, 7) is 6.64. The highest BCUT2D eigenvalue weighted by Crippen LogP contribution is 2.38. The third-order valence-corrected chi connectivity index (χ3v) is 4.74. The molecule has 0 fully saturated rings. The van der Waals surface area contributed by atoms with E-state index in [0.717, 1.165) is 42.4 Å². The Hall–Kier alpha value is -2.97. The van der Waals surface area contributed by atoms with Crippen LogP contribution in [-0.2, 0) is 9.47 Å². The van der Waals surface area contributed by atoms with Gasteiger partial charge >= 0.3 is 5.97 Å². The number of terminal acetylenes is 1. The summed E-state index contributed by atoms with van der Waals surface area (Å²) in [6.07, 6.45) is 9.36. The summed E-state index contributed by atoms with van der Waals surface area (Å²) in [6, 6.07) is 10.9. The zero-order valence-corrected chi connectivity index (χ0v) is 18.9. The van der Waals surface area contributed by atoms with Gasteiger partial charge in [0.05, 0.1) is 18.3 Å². The fourth-order valence-electron chi connectivity index (χ4n) is 3.12. The Balaban J connectivity index is 2.45. The Morgan fingerprint density at radius 2 is 1.81 bits per heavy atom. The van der Waals surface area contributed by atoms with Crippen molar-refractivity contribution >= 4 is 5.97 Å². The monoisotopic (exact) mass is 424 g/mol. The van der Waals surface area contributed by atoms with Crippen LogP contribution in [0.15, 0.2) is 36.4 Å². The summed E-state index contributed by atoms with van der Waals surface area (Å²) in [5.74, 6) is 3.46. The van der Waals surface area contributed by atoms with Gasteiger partial charge in [-0.3, -0.25) is 0 Å². The lowest BCUT2D eigenvalue weighted by Gasteiger charge is -2.19. The number of unbranched alkanes of at least 4 members (excludes halogenated alkanes) is 1. The molecule has 31 heavy (non-hydrogen) atoms. The second kappa shape index (κ2) is 12.7. The van der Waals surface area contributed by atoms with E-state index in [2.05, 4.69) is 12.8 Å². The third-order valence-electron chi connectivity index (χ3n) is 4.74. The minimum absolute atomic E-state index is 0.0351. The number of ether oxygens (including phenoxy) is 4. The number of hydrogen-bond donors (Lipinski definition) is 0. The number of carbonyl (C=O) groups is 1. The maximum Gasteiger partial charge on any atom is 0.338 e. The molecule has 1 atom stereocenters.